The highest BCUT2D eigenvalue weighted by Crippen LogP contribution is 2.50. The van der Waals surface area contributed by atoms with Crippen molar-refractivity contribution in [1.29, 1.82) is 0 Å². The van der Waals surface area contributed by atoms with Crippen molar-refractivity contribution >= 4 is 32.3 Å². The Kier molecular flexibility index (Phi) is 10.4. The summed E-state index contributed by atoms with van der Waals surface area (Å²) in [4.78, 5) is 42.6. The fourth-order valence-corrected chi connectivity index (χ4v) is 7.92. The number of aliphatic imine (C=N–C) groups is 1. The van der Waals surface area contributed by atoms with Gasteiger partial charge in [0.15, 0.2) is 8.24 Å². The number of hydrogen-bond donors (Lipinski definition) is 2. The maximum Gasteiger partial charge on any atom is 0.414 e. The number of ether oxygens (including phenoxy) is 2. The lowest BCUT2D eigenvalue weighted by atomic mass is 9.76. The second-order valence-corrected chi connectivity index (χ2v) is 17.5. The molecule has 2 N–H and O–H groups in total. The Morgan fingerprint density at radius 1 is 0.902 bits per heavy atom. The first kappa shape index (κ1) is 31.9. The Morgan fingerprint density at radius 2 is 1.37 bits per heavy atom. The number of carbonyl (C=O) groups is 3. The molecule has 3 rings (SSSR count). The minimum Gasteiger partial charge on any atom is -0.444 e. The van der Waals surface area contributed by atoms with Gasteiger partial charge >= 0.3 is 12.2 Å². The molecule has 1 heterocycles. The molecule has 0 aromatic heterocycles. The lowest BCUT2D eigenvalue weighted by Crippen LogP contribution is -2.77. The van der Waals surface area contributed by atoms with Crippen molar-refractivity contribution in [3.8, 4) is 0 Å². The Bertz CT molecular complexity index is 1170. The van der Waals surface area contributed by atoms with Gasteiger partial charge in [-0.3, -0.25) is 20.4 Å². The zero-order chi connectivity index (χ0) is 30.3. The van der Waals surface area contributed by atoms with Gasteiger partial charge in [-0.15, -0.1) is 0 Å². The number of nitrogens with zero attached hydrogens (tertiary/aromatic N) is 2. The SMILES string of the molecule is CC1(C)C(CCCN=C(NC(=O)OCc2ccccc2)NC(=O)OCc2ccccc2)C(=O)N1[Si](C)(C)C(C)(C)C. The third-order valence-corrected chi connectivity index (χ3v) is 13.7. The zero-order valence-electron chi connectivity index (χ0n) is 25.3. The largest absolute Gasteiger partial charge is 0.444 e. The van der Waals surface area contributed by atoms with Crippen molar-refractivity contribution in [3.05, 3.63) is 71.8 Å². The normalized spacial score (nSPS) is 16.3. The van der Waals surface area contributed by atoms with Crippen LogP contribution >= 0.6 is 0 Å². The Morgan fingerprint density at radius 3 is 1.78 bits per heavy atom. The van der Waals surface area contributed by atoms with Gasteiger partial charge in [0.25, 0.3) is 0 Å². The minimum absolute atomic E-state index is 0.0612. The molecule has 0 bridgehead atoms. The van der Waals surface area contributed by atoms with E-state index in [0.717, 1.165) is 11.1 Å². The summed E-state index contributed by atoms with van der Waals surface area (Å²) in [5, 5.41) is 5.08. The Labute approximate surface area is 244 Å². The van der Waals surface area contributed by atoms with E-state index in [2.05, 4.69) is 67.9 Å². The van der Waals surface area contributed by atoms with Gasteiger partial charge in [0.05, 0.1) is 5.92 Å². The topological polar surface area (TPSA) is 109 Å². The van der Waals surface area contributed by atoms with E-state index in [4.69, 9.17) is 9.47 Å². The van der Waals surface area contributed by atoms with Gasteiger partial charge in [0.1, 0.15) is 13.2 Å². The molecule has 2 aromatic rings. The molecule has 9 nitrogen and oxygen atoms in total. The molecule has 1 fully saturated rings. The van der Waals surface area contributed by atoms with Crippen LogP contribution in [-0.4, -0.2) is 48.9 Å². The highest BCUT2D eigenvalue weighted by Gasteiger charge is 2.61. The first-order valence-corrected chi connectivity index (χ1v) is 17.0. The number of nitrogens with one attached hydrogen (secondary N) is 2. The second-order valence-electron chi connectivity index (χ2n) is 12.4. The van der Waals surface area contributed by atoms with Crippen LogP contribution in [0.2, 0.25) is 18.1 Å². The number of amides is 3. The van der Waals surface area contributed by atoms with Crippen molar-refractivity contribution < 1.29 is 23.9 Å². The average molecular weight is 581 g/mol. The third-order valence-electron chi connectivity index (χ3n) is 8.13. The zero-order valence-corrected chi connectivity index (χ0v) is 26.3. The maximum absolute atomic E-state index is 13.2. The molecule has 2 aromatic carbocycles. The van der Waals surface area contributed by atoms with E-state index >= 15 is 0 Å². The number of alkyl carbamates (subject to hydrolysis) is 2. The first-order chi connectivity index (χ1) is 19.2. The molecule has 1 saturated heterocycles. The van der Waals surface area contributed by atoms with Gasteiger partial charge in [0.2, 0.25) is 11.9 Å². The summed E-state index contributed by atoms with van der Waals surface area (Å²) < 4.78 is 12.7. The molecule has 222 valence electrons. The second kappa shape index (κ2) is 13.3. The molecule has 0 radical (unpaired) electrons. The summed E-state index contributed by atoms with van der Waals surface area (Å²) in [5.41, 5.74) is 1.43. The van der Waals surface area contributed by atoms with E-state index in [-0.39, 0.29) is 41.6 Å². The van der Waals surface area contributed by atoms with Gasteiger partial charge in [-0.25, -0.2) is 9.59 Å². The van der Waals surface area contributed by atoms with Crippen molar-refractivity contribution in [2.45, 2.75) is 84.3 Å². The van der Waals surface area contributed by atoms with E-state index < -0.39 is 20.4 Å². The number of guanidine groups is 1. The quantitative estimate of drug-likeness (QED) is 0.120. The van der Waals surface area contributed by atoms with Crippen LogP contribution < -0.4 is 10.6 Å². The summed E-state index contributed by atoms with van der Waals surface area (Å²) >= 11 is 0. The molecular formula is C31H44N4O5Si. The van der Waals surface area contributed by atoms with Gasteiger partial charge in [-0.2, -0.15) is 0 Å². The molecule has 3 amide bonds. The van der Waals surface area contributed by atoms with Crippen LogP contribution in [0.4, 0.5) is 9.59 Å². The predicted octanol–water partition coefficient (Wildman–Crippen LogP) is 6.22. The molecule has 41 heavy (non-hydrogen) atoms. The molecular weight excluding hydrogens is 536 g/mol. The molecule has 1 unspecified atom stereocenters. The molecule has 1 aliphatic heterocycles. The van der Waals surface area contributed by atoms with Crippen LogP contribution in [0.15, 0.2) is 65.7 Å². The molecule has 0 saturated carbocycles. The highest BCUT2D eigenvalue weighted by atomic mass is 28.3. The minimum atomic E-state index is -2.00. The van der Waals surface area contributed by atoms with Gasteiger partial charge in [0, 0.05) is 12.1 Å². The van der Waals surface area contributed by atoms with Crippen LogP contribution in [0, 0.1) is 5.92 Å². The number of hydrogen-bond acceptors (Lipinski definition) is 6. The summed E-state index contributed by atoms with van der Waals surface area (Å²) in [5.74, 6) is 0.0436. The summed E-state index contributed by atoms with van der Waals surface area (Å²) in [6.07, 6.45) is -0.242. The highest BCUT2D eigenvalue weighted by molar-refractivity contribution is 6.80. The standard InChI is InChI=1S/C31H44N4O5Si/c1-30(2,3)41(6,7)35-26(36)25(31(35,4)5)19-14-20-32-27(33-28(37)39-21-23-15-10-8-11-16-23)34-29(38)40-22-24-17-12-9-13-18-24/h8-13,15-18,25H,14,19-22H2,1-7H3,(H2,32,33,34,37,38). The lowest BCUT2D eigenvalue weighted by molar-refractivity contribution is -0.157. The van der Waals surface area contributed by atoms with E-state index in [9.17, 15) is 14.4 Å². The van der Waals surface area contributed by atoms with Crippen molar-refractivity contribution in [2.24, 2.45) is 10.9 Å². The lowest BCUT2D eigenvalue weighted by Gasteiger charge is -2.63. The fourth-order valence-electron chi connectivity index (χ4n) is 4.95. The van der Waals surface area contributed by atoms with Gasteiger partial charge in [-0.05, 0) is 42.9 Å². The van der Waals surface area contributed by atoms with Crippen LogP contribution in [-0.2, 0) is 27.5 Å². The Balaban J connectivity index is 1.59. The fraction of sp³-hybridized carbons (Fsp3) is 0.484. The molecule has 1 atom stereocenters. The number of β-lactam (4-membered cyclic amide) rings is 1. The summed E-state index contributed by atoms with van der Waals surface area (Å²) in [6.45, 7) is 15.9. The first-order valence-electron chi connectivity index (χ1n) is 14.1. The monoisotopic (exact) mass is 580 g/mol. The van der Waals surface area contributed by atoms with E-state index in [1.54, 1.807) is 0 Å². The van der Waals surface area contributed by atoms with E-state index in [1.165, 1.54) is 0 Å². The van der Waals surface area contributed by atoms with Crippen molar-refractivity contribution in [3.63, 3.8) is 0 Å². The Hall–Kier alpha value is -3.66. The van der Waals surface area contributed by atoms with Crippen LogP contribution in [0.3, 0.4) is 0 Å². The maximum atomic E-state index is 13.2. The van der Waals surface area contributed by atoms with Crippen LogP contribution in [0.5, 0.6) is 0 Å². The average Bonchev–Trinajstić information content (AvgIpc) is 2.90. The van der Waals surface area contributed by atoms with E-state index in [1.807, 2.05) is 60.7 Å². The molecule has 0 aliphatic carbocycles. The summed E-state index contributed by atoms with van der Waals surface area (Å²) in [6, 6.07) is 18.6. The van der Waals surface area contributed by atoms with Crippen LogP contribution in [0.1, 0.15) is 58.6 Å². The summed E-state index contributed by atoms with van der Waals surface area (Å²) in [7, 11) is -2.00. The van der Waals surface area contributed by atoms with Crippen molar-refractivity contribution in [2.75, 3.05) is 6.54 Å². The number of carbonyl (C=O) groups excluding carboxylic acids is 3. The smallest absolute Gasteiger partial charge is 0.414 e. The van der Waals surface area contributed by atoms with Crippen LogP contribution in [0.25, 0.3) is 0 Å². The predicted molar refractivity (Wildman–Crippen MR) is 163 cm³/mol. The van der Waals surface area contributed by atoms with E-state index in [0.29, 0.717) is 19.4 Å². The number of rotatable bonds is 9. The van der Waals surface area contributed by atoms with Gasteiger partial charge in [-0.1, -0.05) is 94.5 Å². The number of benzene rings is 2. The van der Waals surface area contributed by atoms with Gasteiger partial charge < -0.3 is 14.0 Å². The molecule has 1 aliphatic rings. The molecule has 0 spiro atoms. The third kappa shape index (κ3) is 8.19. The molecule has 10 heteroatoms. The van der Waals surface area contributed by atoms with Crippen molar-refractivity contribution in [1.82, 2.24) is 15.2 Å².